The Bertz CT molecular complexity index is 684. The summed E-state index contributed by atoms with van der Waals surface area (Å²) in [6, 6.07) is 16.9. The number of benzene rings is 2. The van der Waals surface area contributed by atoms with Crippen molar-refractivity contribution in [3.63, 3.8) is 0 Å². The fraction of sp³-hybridized carbons (Fsp3) is 0. The number of halogens is 1. The molecule has 19 heavy (non-hydrogen) atoms. The van der Waals surface area contributed by atoms with Crippen molar-refractivity contribution in [1.82, 2.24) is 0 Å². The van der Waals surface area contributed by atoms with Crippen LogP contribution in [-0.4, -0.2) is 0 Å². The van der Waals surface area contributed by atoms with Gasteiger partial charge in [0.25, 0.3) is 0 Å². The molecular weight excluding hydrogens is 239 g/mol. The third-order valence-electron chi connectivity index (χ3n) is 2.62. The average molecular weight is 248 g/mol. The van der Waals surface area contributed by atoms with Crippen LogP contribution in [0.25, 0.3) is 11.9 Å². The molecule has 0 N–H and O–H groups in total. The minimum atomic E-state index is -0.380. The molecule has 0 saturated carbocycles. The summed E-state index contributed by atoms with van der Waals surface area (Å²) in [4.78, 5) is 0. The van der Waals surface area contributed by atoms with E-state index in [4.69, 9.17) is 10.5 Å². The van der Waals surface area contributed by atoms with Crippen molar-refractivity contribution in [2.24, 2.45) is 0 Å². The largest absolute Gasteiger partial charge is 0.206 e. The first-order valence-corrected chi connectivity index (χ1v) is 5.61. The summed E-state index contributed by atoms with van der Waals surface area (Å²) in [5.74, 6) is -0.380. The Balaban J connectivity index is 2.26. The third-order valence-corrected chi connectivity index (χ3v) is 2.62. The molecule has 0 fully saturated rings. The second kappa shape index (κ2) is 5.62. The Morgan fingerprint density at radius 2 is 1.32 bits per heavy atom. The third kappa shape index (κ3) is 3.06. The van der Waals surface area contributed by atoms with Gasteiger partial charge in [0.05, 0.1) is 23.3 Å². The van der Waals surface area contributed by atoms with Gasteiger partial charge in [-0.25, -0.2) is 4.39 Å². The topological polar surface area (TPSA) is 47.6 Å². The molecule has 0 aliphatic heterocycles. The number of nitrogens with zero attached hydrogens (tertiary/aromatic N) is 2. The van der Waals surface area contributed by atoms with Crippen LogP contribution in [0.1, 0.15) is 22.3 Å². The zero-order valence-electron chi connectivity index (χ0n) is 9.97. The highest BCUT2D eigenvalue weighted by Crippen LogP contribution is 2.20. The summed E-state index contributed by atoms with van der Waals surface area (Å²) in [6.45, 7) is 0. The van der Waals surface area contributed by atoms with Crippen molar-refractivity contribution >= 4 is 11.9 Å². The molecule has 0 bridgehead atoms. The number of rotatable bonds is 2. The van der Waals surface area contributed by atoms with Crippen molar-refractivity contribution in [1.29, 1.82) is 10.5 Å². The van der Waals surface area contributed by atoms with Crippen LogP contribution in [0.4, 0.5) is 4.39 Å². The lowest BCUT2D eigenvalue weighted by Gasteiger charge is -1.99. The van der Waals surface area contributed by atoms with Crippen molar-refractivity contribution < 1.29 is 4.39 Å². The van der Waals surface area contributed by atoms with Gasteiger partial charge in [0.15, 0.2) is 0 Å². The first-order valence-electron chi connectivity index (χ1n) is 5.61. The van der Waals surface area contributed by atoms with Crippen molar-refractivity contribution in [2.75, 3.05) is 0 Å². The van der Waals surface area contributed by atoms with E-state index >= 15 is 0 Å². The molecule has 2 rings (SSSR count). The van der Waals surface area contributed by atoms with Gasteiger partial charge in [-0.15, -0.1) is 0 Å². The van der Waals surface area contributed by atoms with Gasteiger partial charge in [-0.05, 0) is 35.9 Å². The predicted molar refractivity (Wildman–Crippen MR) is 71.3 cm³/mol. The number of hydrogen-bond acceptors (Lipinski definition) is 2. The quantitative estimate of drug-likeness (QED) is 0.757. The molecule has 3 heteroatoms. The average Bonchev–Trinajstić information content (AvgIpc) is 2.48. The van der Waals surface area contributed by atoms with E-state index in [1.165, 1.54) is 6.08 Å². The summed E-state index contributed by atoms with van der Waals surface area (Å²) in [7, 11) is 0. The molecule has 90 valence electrons. The first kappa shape index (κ1) is 12.5. The molecule has 2 nitrogen and oxygen atoms in total. The second-order valence-corrected chi connectivity index (χ2v) is 3.92. The van der Waals surface area contributed by atoms with E-state index in [1.54, 1.807) is 48.5 Å². The first-order chi connectivity index (χ1) is 9.22. The van der Waals surface area contributed by atoms with E-state index in [2.05, 4.69) is 0 Å². The standard InChI is InChI=1S/C16H9FN2/c17-16(15-7-5-14(11-19)6-8-15)9-12-1-3-13(10-18)4-2-12/h1-9H/b16-9-. The minimum Gasteiger partial charge on any atom is -0.206 e. The zero-order chi connectivity index (χ0) is 13.7. The van der Waals surface area contributed by atoms with Gasteiger partial charge in [0, 0.05) is 5.56 Å². The Hall–Kier alpha value is -2.91. The fourth-order valence-corrected chi connectivity index (χ4v) is 1.59. The van der Waals surface area contributed by atoms with Gasteiger partial charge >= 0.3 is 0 Å². The normalized spacial score (nSPS) is 10.6. The van der Waals surface area contributed by atoms with E-state index in [-0.39, 0.29) is 5.83 Å². The fourth-order valence-electron chi connectivity index (χ4n) is 1.59. The maximum atomic E-state index is 14.0. The van der Waals surface area contributed by atoms with E-state index in [0.29, 0.717) is 22.3 Å². The SMILES string of the molecule is N#Cc1ccc(/C=C(\F)c2ccc(C#N)cc2)cc1. The van der Waals surface area contributed by atoms with Gasteiger partial charge in [-0.3, -0.25) is 0 Å². The smallest absolute Gasteiger partial charge is 0.131 e. The molecule has 2 aromatic rings. The lowest BCUT2D eigenvalue weighted by atomic mass is 10.1. The van der Waals surface area contributed by atoms with Gasteiger partial charge in [0.1, 0.15) is 5.83 Å². The molecule has 0 aliphatic rings. The van der Waals surface area contributed by atoms with E-state index in [9.17, 15) is 4.39 Å². The second-order valence-electron chi connectivity index (χ2n) is 3.92. The van der Waals surface area contributed by atoms with Crippen LogP contribution in [-0.2, 0) is 0 Å². The van der Waals surface area contributed by atoms with Crippen molar-refractivity contribution in [3.8, 4) is 12.1 Å². The molecule has 0 spiro atoms. The summed E-state index contributed by atoms with van der Waals surface area (Å²) in [6.07, 6.45) is 1.39. The Morgan fingerprint density at radius 1 is 0.842 bits per heavy atom. The predicted octanol–water partition coefficient (Wildman–Crippen LogP) is 3.90. The highest BCUT2D eigenvalue weighted by molar-refractivity contribution is 5.77. The molecular formula is C16H9FN2. The molecule has 0 unspecified atom stereocenters. The van der Waals surface area contributed by atoms with Crippen LogP contribution < -0.4 is 0 Å². The molecule has 0 aliphatic carbocycles. The molecule has 2 aromatic carbocycles. The van der Waals surface area contributed by atoms with E-state index in [1.807, 2.05) is 12.1 Å². The molecule has 0 amide bonds. The zero-order valence-corrected chi connectivity index (χ0v) is 9.97. The van der Waals surface area contributed by atoms with Crippen LogP contribution in [0.15, 0.2) is 48.5 Å². The maximum Gasteiger partial charge on any atom is 0.131 e. The number of nitriles is 2. The van der Waals surface area contributed by atoms with Crippen LogP contribution >= 0.6 is 0 Å². The summed E-state index contributed by atoms with van der Waals surface area (Å²) in [5.41, 5.74) is 2.13. The lowest BCUT2D eigenvalue weighted by molar-refractivity contribution is 0.765. The van der Waals surface area contributed by atoms with Gasteiger partial charge < -0.3 is 0 Å². The Morgan fingerprint density at radius 3 is 1.79 bits per heavy atom. The summed E-state index contributed by atoms with van der Waals surface area (Å²) < 4.78 is 14.0. The van der Waals surface area contributed by atoms with Gasteiger partial charge in [-0.2, -0.15) is 10.5 Å². The highest BCUT2D eigenvalue weighted by Gasteiger charge is 2.01. The van der Waals surface area contributed by atoms with Gasteiger partial charge in [-0.1, -0.05) is 24.3 Å². The Kier molecular flexibility index (Phi) is 3.71. The van der Waals surface area contributed by atoms with Crippen LogP contribution in [0, 0.1) is 22.7 Å². The van der Waals surface area contributed by atoms with Crippen molar-refractivity contribution in [3.05, 3.63) is 70.8 Å². The van der Waals surface area contributed by atoms with Crippen LogP contribution in [0.3, 0.4) is 0 Å². The lowest BCUT2D eigenvalue weighted by Crippen LogP contribution is -1.81. The highest BCUT2D eigenvalue weighted by atomic mass is 19.1. The molecule has 0 saturated heterocycles. The molecule has 0 radical (unpaired) electrons. The van der Waals surface area contributed by atoms with E-state index < -0.39 is 0 Å². The van der Waals surface area contributed by atoms with Gasteiger partial charge in [0.2, 0.25) is 0 Å². The van der Waals surface area contributed by atoms with Crippen molar-refractivity contribution in [2.45, 2.75) is 0 Å². The summed E-state index contributed by atoms with van der Waals surface area (Å²) in [5, 5.41) is 17.3. The maximum absolute atomic E-state index is 14.0. The van der Waals surface area contributed by atoms with E-state index in [0.717, 1.165) is 0 Å². The molecule has 0 heterocycles. The minimum absolute atomic E-state index is 0.380. The number of hydrogen-bond donors (Lipinski definition) is 0. The summed E-state index contributed by atoms with van der Waals surface area (Å²) >= 11 is 0. The van der Waals surface area contributed by atoms with Crippen LogP contribution in [0.2, 0.25) is 0 Å². The van der Waals surface area contributed by atoms with Crippen LogP contribution in [0.5, 0.6) is 0 Å². The monoisotopic (exact) mass is 248 g/mol. The molecule has 0 aromatic heterocycles. The molecule has 0 atom stereocenters. The Labute approximate surface area is 110 Å².